The van der Waals surface area contributed by atoms with Gasteiger partial charge < -0.3 is 4.42 Å². The standard InChI is InChI=1S/C54H37N3O/c1-54(2)45-23-10-9-20-42(45)49-44(22-12-24-46(49)54)53-56-51(39-19-11-18-38(32-39)36-28-26-35(27-29-36)34-14-5-3-6-15-34)55-52(57-53)40-30-31-43-48(33-40)58-47-25-13-21-41(50(43)47)37-16-7-4-8-17-37/h3-33H,1-2H3. The third-order valence-corrected chi connectivity index (χ3v) is 11.8. The number of fused-ring (bicyclic) bond motifs is 6. The van der Waals surface area contributed by atoms with Gasteiger partial charge in [-0.1, -0.05) is 178 Å². The Morgan fingerprint density at radius 3 is 1.66 bits per heavy atom. The molecular formula is C54H37N3O. The van der Waals surface area contributed by atoms with Crippen LogP contribution in [0.15, 0.2) is 192 Å². The smallest absolute Gasteiger partial charge is 0.164 e. The van der Waals surface area contributed by atoms with Crippen molar-refractivity contribution in [3.63, 3.8) is 0 Å². The first-order valence-electron chi connectivity index (χ1n) is 19.8. The van der Waals surface area contributed by atoms with Crippen molar-refractivity contribution < 1.29 is 4.42 Å². The topological polar surface area (TPSA) is 51.8 Å². The Morgan fingerprint density at radius 2 is 0.879 bits per heavy atom. The molecule has 10 aromatic rings. The van der Waals surface area contributed by atoms with Crippen molar-refractivity contribution in [1.82, 2.24) is 15.0 Å². The third kappa shape index (κ3) is 5.56. The maximum absolute atomic E-state index is 6.56. The van der Waals surface area contributed by atoms with E-state index in [1.165, 1.54) is 33.4 Å². The highest BCUT2D eigenvalue weighted by Crippen LogP contribution is 2.51. The Kier molecular flexibility index (Phi) is 7.80. The first-order chi connectivity index (χ1) is 28.5. The van der Waals surface area contributed by atoms with Crippen LogP contribution in [-0.4, -0.2) is 15.0 Å². The SMILES string of the molecule is CC1(C)c2ccccc2-c2c(-c3nc(-c4cccc(-c5ccc(-c6ccccc6)cc5)c4)nc(-c4ccc5c(c4)oc4cccc(-c6ccccc6)c45)n3)cccc21. The van der Waals surface area contributed by atoms with E-state index < -0.39 is 0 Å². The molecule has 0 radical (unpaired) electrons. The summed E-state index contributed by atoms with van der Waals surface area (Å²) in [6.45, 7) is 4.60. The van der Waals surface area contributed by atoms with E-state index in [9.17, 15) is 0 Å². The number of benzene rings is 8. The molecule has 2 heterocycles. The minimum atomic E-state index is -0.157. The van der Waals surface area contributed by atoms with Crippen LogP contribution in [-0.2, 0) is 5.41 Å². The quantitative estimate of drug-likeness (QED) is 0.170. The Labute approximate surface area is 337 Å². The average molecular weight is 744 g/mol. The number of hydrogen-bond donors (Lipinski definition) is 0. The third-order valence-electron chi connectivity index (χ3n) is 11.8. The van der Waals surface area contributed by atoms with Crippen molar-refractivity contribution in [1.29, 1.82) is 0 Å². The molecule has 4 nitrogen and oxygen atoms in total. The van der Waals surface area contributed by atoms with Crippen LogP contribution in [0.2, 0.25) is 0 Å². The van der Waals surface area contributed by atoms with Crippen molar-refractivity contribution in [2.24, 2.45) is 0 Å². The molecule has 274 valence electrons. The zero-order valence-corrected chi connectivity index (χ0v) is 32.1. The lowest BCUT2D eigenvalue weighted by Crippen LogP contribution is -2.14. The summed E-state index contributed by atoms with van der Waals surface area (Å²) in [4.78, 5) is 15.8. The summed E-state index contributed by atoms with van der Waals surface area (Å²) in [7, 11) is 0. The summed E-state index contributed by atoms with van der Waals surface area (Å²) in [6.07, 6.45) is 0. The summed E-state index contributed by atoms with van der Waals surface area (Å²) in [5, 5.41) is 2.15. The Balaban J connectivity index is 1.08. The van der Waals surface area contributed by atoms with Gasteiger partial charge in [0.2, 0.25) is 0 Å². The first kappa shape index (κ1) is 33.9. The average Bonchev–Trinajstić information content (AvgIpc) is 3.78. The second kappa shape index (κ2) is 13.4. The predicted molar refractivity (Wildman–Crippen MR) is 237 cm³/mol. The maximum Gasteiger partial charge on any atom is 0.164 e. The van der Waals surface area contributed by atoms with Crippen molar-refractivity contribution >= 4 is 21.9 Å². The fourth-order valence-corrected chi connectivity index (χ4v) is 8.84. The molecule has 0 bridgehead atoms. The van der Waals surface area contributed by atoms with E-state index in [4.69, 9.17) is 19.4 Å². The minimum Gasteiger partial charge on any atom is -0.456 e. The molecule has 0 spiro atoms. The summed E-state index contributed by atoms with van der Waals surface area (Å²) in [6, 6.07) is 66.0. The van der Waals surface area contributed by atoms with E-state index in [0.717, 1.165) is 60.9 Å². The van der Waals surface area contributed by atoms with Crippen LogP contribution >= 0.6 is 0 Å². The number of nitrogens with zero attached hydrogens (tertiary/aromatic N) is 3. The predicted octanol–water partition coefficient (Wildman–Crippen LogP) is 14.1. The molecule has 0 saturated heterocycles. The molecule has 1 aliphatic rings. The van der Waals surface area contributed by atoms with Gasteiger partial charge >= 0.3 is 0 Å². The molecule has 0 saturated carbocycles. The molecule has 8 aromatic carbocycles. The monoisotopic (exact) mass is 743 g/mol. The minimum absolute atomic E-state index is 0.157. The van der Waals surface area contributed by atoms with Crippen LogP contribution in [0.3, 0.4) is 0 Å². The van der Waals surface area contributed by atoms with Crippen LogP contribution in [0.4, 0.5) is 0 Å². The molecular weight excluding hydrogens is 707 g/mol. The molecule has 0 amide bonds. The molecule has 4 heteroatoms. The van der Waals surface area contributed by atoms with E-state index in [2.05, 4.69) is 184 Å². The Hall–Kier alpha value is -7.43. The van der Waals surface area contributed by atoms with Gasteiger partial charge in [-0.25, -0.2) is 15.0 Å². The van der Waals surface area contributed by atoms with Gasteiger partial charge in [-0.05, 0) is 79.9 Å². The van der Waals surface area contributed by atoms with Crippen LogP contribution in [0.5, 0.6) is 0 Å². The highest BCUT2D eigenvalue weighted by Gasteiger charge is 2.37. The van der Waals surface area contributed by atoms with Crippen LogP contribution < -0.4 is 0 Å². The van der Waals surface area contributed by atoms with Gasteiger partial charge in [0.25, 0.3) is 0 Å². The van der Waals surface area contributed by atoms with Gasteiger partial charge in [-0.2, -0.15) is 0 Å². The van der Waals surface area contributed by atoms with Crippen molar-refractivity contribution in [2.75, 3.05) is 0 Å². The van der Waals surface area contributed by atoms with E-state index in [1.807, 2.05) is 18.2 Å². The summed E-state index contributed by atoms with van der Waals surface area (Å²) < 4.78 is 6.56. The van der Waals surface area contributed by atoms with Crippen LogP contribution in [0, 0.1) is 0 Å². The summed E-state index contributed by atoms with van der Waals surface area (Å²) in [5.74, 6) is 1.84. The normalized spacial score (nSPS) is 12.8. The summed E-state index contributed by atoms with van der Waals surface area (Å²) in [5.41, 5.74) is 16.1. The largest absolute Gasteiger partial charge is 0.456 e. The molecule has 0 atom stereocenters. The Bertz CT molecular complexity index is 3180. The van der Waals surface area contributed by atoms with Crippen molar-refractivity contribution in [2.45, 2.75) is 19.3 Å². The summed E-state index contributed by atoms with van der Waals surface area (Å²) >= 11 is 0. The van der Waals surface area contributed by atoms with E-state index in [0.29, 0.717) is 17.5 Å². The molecule has 0 N–H and O–H groups in total. The van der Waals surface area contributed by atoms with Gasteiger partial charge in [0.15, 0.2) is 17.5 Å². The van der Waals surface area contributed by atoms with Gasteiger partial charge in [0, 0.05) is 32.9 Å². The zero-order valence-electron chi connectivity index (χ0n) is 32.1. The van der Waals surface area contributed by atoms with Crippen LogP contribution in [0.25, 0.3) is 101 Å². The number of furan rings is 1. The number of rotatable bonds is 6. The first-order valence-corrected chi connectivity index (χ1v) is 19.8. The van der Waals surface area contributed by atoms with Gasteiger partial charge in [-0.3, -0.25) is 0 Å². The van der Waals surface area contributed by atoms with Gasteiger partial charge in [-0.15, -0.1) is 0 Å². The van der Waals surface area contributed by atoms with E-state index in [-0.39, 0.29) is 5.41 Å². The number of aromatic nitrogens is 3. The van der Waals surface area contributed by atoms with Gasteiger partial charge in [0.1, 0.15) is 11.2 Å². The lowest BCUT2D eigenvalue weighted by molar-refractivity contribution is 0.660. The van der Waals surface area contributed by atoms with Gasteiger partial charge in [0.05, 0.1) is 0 Å². The molecule has 11 rings (SSSR count). The lowest BCUT2D eigenvalue weighted by atomic mass is 9.82. The fraction of sp³-hybridized carbons (Fsp3) is 0.0556. The molecule has 2 aromatic heterocycles. The second-order valence-electron chi connectivity index (χ2n) is 15.6. The van der Waals surface area contributed by atoms with Crippen molar-refractivity contribution in [3.8, 4) is 78.7 Å². The molecule has 1 aliphatic carbocycles. The Morgan fingerprint density at radius 1 is 0.362 bits per heavy atom. The number of hydrogen-bond acceptors (Lipinski definition) is 4. The maximum atomic E-state index is 6.56. The lowest BCUT2D eigenvalue weighted by Gasteiger charge is -2.21. The van der Waals surface area contributed by atoms with Crippen molar-refractivity contribution in [3.05, 3.63) is 199 Å². The molecule has 0 unspecified atom stereocenters. The highest BCUT2D eigenvalue weighted by atomic mass is 16.3. The molecule has 0 fully saturated rings. The molecule has 58 heavy (non-hydrogen) atoms. The van der Waals surface area contributed by atoms with Crippen LogP contribution in [0.1, 0.15) is 25.0 Å². The fourth-order valence-electron chi connectivity index (χ4n) is 8.84. The zero-order chi connectivity index (χ0) is 38.8. The second-order valence-corrected chi connectivity index (χ2v) is 15.6. The van der Waals surface area contributed by atoms with E-state index >= 15 is 0 Å². The molecule has 0 aliphatic heterocycles. The highest BCUT2D eigenvalue weighted by molar-refractivity contribution is 6.13. The van der Waals surface area contributed by atoms with E-state index in [1.54, 1.807) is 0 Å².